The minimum Gasteiger partial charge on any atom is -0.385 e. The first-order valence-corrected chi connectivity index (χ1v) is 6.56. The van der Waals surface area contributed by atoms with E-state index in [1.165, 1.54) is 11.1 Å². The van der Waals surface area contributed by atoms with Crippen molar-refractivity contribution < 1.29 is 0 Å². The highest BCUT2D eigenvalue weighted by Gasteiger charge is 1.98. The van der Waals surface area contributed by atoms with Crippen LogP contribution in [0.1, 0.15) is 12.5 Å². The zero-order chi connectivity index (χ0) is 14.4. The van der Waals surface area contributed by atoms with Gasteiger partial charge in [0.2, 0.25) is 0 Å². The molecule has 2 aromatic rings. The van der Waals surface area contributed by atoms with Gasteiger partial charge >= 0.3 is 0 Å². The molecule has 3 heteroatoms. The molecule has 0 fully saturated rings. The van der Waals surface area contributed by atoms with E-state index >= 15 is 0 Å². The molecule has 0 unspecified atom stereocenters. The van der Waals surface area contributed by atoms with Gasteiger partial charge in [0.25, 0.3) is 0 Å². The lowest BCUT2D eigenvalue weighted by molar-refractivity contribution is 0.801. The van der Waals surface area contributed by atoms with Crippen molar-refractivity contribution in [1.29, 1.82) is 5.41 Å². The van der Waals surface area contributed by atoms with Gasteiger partial charge in [-0.25, -0.2) is 0 Å². The summed E-state index contributed by atoms with van der Waals surface area (Å²) in [6.07, 6.45) is 1.61. The van der Waals surface area contributed by atoms with E-state index in [0.29, 0.717) is 18.1 Å². The third-order valence-corrected chi connectivity index (χ3v) is 2.93. The Morgan fingerprint density at radius 3 is 2.25 bits per heavy atom. The van der Waals surface area contributed by atoms with Crippen molar-refractivity contribution in [3.05, 3.63) is 72.1 Å². The maximum Gasteiger partial charge on any atom is 0.0980 e. The van der Waals surface area contributed by atoms with Crippen LogP contribution in [0.15, 0.2) is 66.5 Å². The van der Waals surface area contributed by atoms with E-state index in [1.807, 2.05) is 18.2 Å². The van der Waals surface area contributed by atoms with E-state index in [9.17, 15) is 0 Å². The molecule has 0 saturated carbocycles. The normalized spacial score (nSPS) is 11.2. The van der Waals surface area contributed by atoms with E-state index in [-0.39, 0.29) is 0 Å². The summed E-state index contributed by atoms with van der Waals surface area (Å²) in [5, 5.41) is 10.4. The maximum atomic E-state index is 7.33. The highest BCUT2D eigenvalue weighted by molar-refractivity contribution is 5.90. The van der Waals surface area contributed by atoms with Gasteiger partial charge in [-0.3, -0.25) is 0 Å². The molecule has 0 bridgehead atoms. The summed E-state index contributed by atoms with van der Waals surface area (Å²) in [6, 6.07) is 18.7. The van der Waals surface area contributed by atoms with Crippen LogP contribution in [0.5, 0.6) is 0 Å². The van der Waals surface area contributed by atoms with Gasteiger partial charge in [-0.15, -0.1) is 0 Å². The van der Waals surface area contributed by atoms with Crippen LogP contribution in [0.25, 0.3) is 11.1 Å². The van der Waals surface area contributed by atoms with E-state index in [4.69, 9.17) is 11.1 Å². The van der Waals surface area contributed by atoms with Crippen LogP contribution in [0.4, 0.5) is 0 Å². The van der Waals surface area contributed by atoms with Gasteiger partial charge in [-0.2, -0.15) is 0 Å². The third-order valence-electron chi connectivity index (χ3n) is 2.93. The predicted molar refractivity (Wildman–Crippen MR) is 84.4 cm³/mol. The first-order valence-electron chi connectivity index (χ1n) is 6.56. The summed E-state index contributed by atoms with van der Waals surface area (Å²) >= 11 is 0. The standard InChI is InChI=1S/C17H19N3/c1-13(18)11-17(19)20-12-14-7-9-16(10-8-14)15-5-3-2-4-6-15/h2-11,18,20H,12,19H2,1H3/b17-11-,18-13?. The molecule has 0 spiro atoms. The van der Waals surface area contributed by atoms with Crippen LogP contribution in [0, 0.1) is 5.41 Å². The number of hydrogen-bond donors (Lipinski definition) is 3. The number of hydrogen-bond acceptors (Lipinski definition) is 3. The first-order chi connectivity index (χ1) is 9.65. The summed E-state index contributed by atoms with van der Waals surface area (Å²) < 4.78 is 0. The number of benzene rings is 2. The maximum absolute atomic E-state index is 7.33. The number of allylic oxidation sites excluding steroid dienone is 1. The molecule has 2 rings (SSSR count). The van der Waals surface area contributed by atoms with Gasteiger partial charge in [0.1, 0.15) is 0 Å². The van der Waals surface area contributed by atoms with Crippen molar-refractivity contribution >= 4 is 5.71 Å². The molecule has 0 aliphatic heterocycles. The monoisotopic (exact) mass is 265 g/mol. The molecule has 4 N–H and O–H groups in total. The Kier molecular flexibility index (Phi) is 4.56. The average Bonchev–Trinajstić information content (AvgIpc) is 2.46. The van der Waals surface area contributed by atoms with Crippen molar-refractivity contribution in [2.45, 2.75) is 13.5 Å². The highest BCUT2D eigenvalue weighted by Crippen LogP contribution is 2.19. The zero-order valence-corrected chi connectivity index (χ0v) is 11.6. The van der Waals surface area contributed by atoms with Gasteiger partial charge in [0.15, 0.2) is 0 Å². The second-order valence-corrected chi connectivity index (χ2v) is 4.70. The van der Waals surface area contributed by atoms with Crippen LogP contribution < -0.4 is 11.1 Å². The molecule has 2 aromatic carbocycles. The third kappa shape index (κ3) is 3.99. The Bertz CT molecular complexity index is 598. The quantitative estimate of drug-likeness (QED) is 0.726. The Hall–Kier alpha value is -2.55. The van der Waals surface area contributed by atoms with Crippen LogP contribution in [-0.4, -0.2) is 5.71 Å². The Morgan fingerprint density at radius 2 is 1.65 bits per heavy atom. The average molecular weight is 265 g/mol. The van der Waals surface area contributed by atoms with Gasteiger partial charge < -0.3 is 16.5 Å². The first kappa shape index (κ1) is 13.9. The van der Waals surface area contributed by atoms with Gasteiger partial charge in [-0.05, 0) is 29.7 Å². The fraction of sp³-hybridized carbons (Fsp3) is 0.118. The van der Waals surface area contributed by atoms with Crippen molar-refractivity contribution in [2.24, 2.45) is 5.73 Å². The fourth-order valence-corrected chi connectivity index (χ4v) is 1.93. The van der Waals surface area contributed by atoms with Crippen LogP contribution in [0.2, 0.25) is 0 Å². The molecule has 102 valence electrons. The van der Waals surface area contributed by atoms with E-state index in [2.05, 4.69) is 41.7 Å². The predicted octanol–water partition coefficient (Wildman–Crippen LogP) is 3.28. The summed E-state index contributed by atoms with van der Waals surface area (Å²) in [5.74, 6) is 0.518. The lowest BCUT2D eigenvalue weighted by atomic mass is 10.0. The summed E-state index contributed by atoms with van der Waals surface area (Å²) in [5.41, 5.74) is 9.76. The number of nitrogens with two attached hydrogens (primary N) is 1. The van der Waals surface area contributed by atoms with E-state index in [0.717, 1.165) is 5.56 Å². The molecule has 0 heterocycles. The minimum absolute atomic E-state index is 0.439. The van der Waals surface area contributed by atoms with E-state index in [1.54, 1.807) is 13.0 Å². The van der Waals surface area contributed by atoms with Crippen molar-refractivity contribution in [3.8, 4) is 11.1 Å². The van der Waals surface area contributed by atoms with Gasteiger partial charge in [0.05, 0.1) is 5.82 Å². The number of nitrogens with one attached hydrogen (secondary N) is 2. The zero-order valence-electron chi connectivity index (χ0n) is 11.6. The summed E-state index contributed by atoms with van der Waals surface area (Å²) in [4.78, 5) is 0. The van der Waals surface area contributed by atoms with Gasteiger partial charge in [0, 0.05) is 12.3 Å². The van der Waals surface area contributed by atoms with Crippen molar-refractivity contribution in [2.75, 3.05) is 0 Å². The Labute approximate surface area is 119 Å². The molecule has 0 aliphatic carbocycles. The molecule has 0 atom stereocenters. The van der Waals surface area contributed by atoms with Gasteiger partial charge in [-0.1, -0.05) is 54.6 Å². The molecule has 3 nitrogen and oxygen atoms in total. The molecule has 20 heavy (non-hydrogen) atoms. The van der Waals surface area contributed by atoms with Crippen LogP contribution >= 0.6 is 0 Å². The topological polar surface area (TPSA) is 61.9 Å². The highest BCUT2D eigenvalue weighted by atomic mass is 15.0. The van der Waals surface area contributed by atoms with Crippen LogP contribution in [0.3, 0.4) is 0 Å². The lowest BCUT2D eigenvalue weighted by Crippen LogP contribution is -2.20. The number of rotatable bonds is 5. The molecule has 0 amide bonds. The van der Waals surface area contributed by atoms with Crippen LogP contribution in [-0.2, 0) is 6.54 Å². The molecule has 0 aromatic heterocycles. The van der Waals surface area contributed by atoms with Crippen molar-refractivity contribution in [3.63, 3.8) is 0 Å². The smallest absolute Gasteiger partial charge is 0.0980 e. The molecular formula is C17H19N3. The fourth-order valence-electron chi connectivity index (χ4n) is 1.93. The Balaban J connectivity index is 2.01. The second kappa shape index (κ2) is 6.57. The minimum atomic E-state index is 0.439. The summed E-state index contributed by atoms with van der Waals surface area (Å²) in [7, 11) is 0. The molecule has 0 saturated heterocycles. The molecule has 0 radical (unpaired) electrons. The molecule has 0 aliphatic rings. The van der Waals surface area contributed by atoms with E-state index < -0.39 is 0 Å². The lowest BCUT2D eigenvalue weighted by Gasteiger charge is -2.07. The largest absolute Gasteiger partial charge is 0.385 e. The molecular weight excluding hydrogens is 246 g/mol. The SMILES string of the molecule is CC(=N)/C=C(/N)NCc1ccc(-c2ccccc2)cc1. The van der Waals surface area contributed by atoms with Crippen molar-refractivity contribution in [1.82, 2.24) is 5.32 Å². The second-order valence-electron chi connectivity index (χ2n) is 4.70. The summed E-state index contributed by atoms with van der Waals surface area (Å²) in [6.45, 7) is 2.36. The Morgan fingerprint density at radius 1 is 1.05 bits per heavy atom.